The number of aliphatic hydroxyl groups excluding tert-OH is 3. The molecule has 0 radical (unpaired) electrons. The van der Waals surface area contributed by atoms with Gasteiger partial charge in [0.15, 0.2) is 6.29 Å². The van der Waals surface area contributed by atoms with Crippen molar-refractivity contribution in [3.63, 3.8) is 0 Å². The molecule has 0 saturated carbocycles. The van der Waals surface area contributed by atoms with Gasteiger partial charge in [-0.25, -0.2) is 0 Å². The van der Waals surface area contributed by atoms with E-state index in [-0.39, 0.29) is 13.2 Å². The summed E-state index contributed by atoms with van der Waals surface area (Å²) in [6.07, 6.45) is -2.94. The maximum Gasteiger partial charge on any atom is 0.165 e. The van der Waals surface area contributed by atoms with Gasteiger partial charge in [0.05, 0.1) is 25.2 Å². The molecule has 1 saturated heterocycles. The van der Waals surface area contributed by atoms with Gasteiger partial charge >= 0.3 is 0 Å². The van der Waals surface area contributed by atoms with Crippen molar-refractivity contribution in [3.05, 3.63) is 0 Å². The summed E-state index contributed by atoms with van der Waals surface area (Å²) >= 11 is 0. The largest absolute Gasteiger partial charge is 0.396 e. The van der Waals surface area contributed by atoms with Crippen LogP contribution >= 0.6 is 0 Å². The van der Waals surface area contributed by atoms with Crippen molar-refractivity contribution in [2.75, 3.05) is 27.4 Å². The summed E-state index contributed by atoms with van der Waals surface area (Å²) in [7, 11) is 2.84. The fourth-order valence-electron chi connectivity index (χ4n) is 1.84. The second kappa shape index (κ2) is 5.74. The summed E-state index contributed by atoms with van der Waals surface area (Å²) < 4.78 is 15.4. The molecule has 0 aromatic heterocycles. The molecule has 3 N–H and O–H groups in total. The molecule has 1 aliphatic heterocycles. The zero-order valence-corrected chi connectivity index (χ0v) is 8.87. The topological polar surface area (TPSA) is 88.4 Å². The third-order valence-electron chi connectivity index (χ3n) is 2.70. The smallest absolute Gasteiger partial charge is 0.165 e. The minimum absolute atomic E-state index is 0.266. The third kappa shape index (κ3) is 2.47. The number of ether oxygens (including phenoxy) is 3. The van der Waals surface area contributed by atoms with E-state index in [2.05, 4.69) is 0 Å². The van der Waals surface area contributed by atoms with E-state index in [1.165, 1.54) is 14.2 Å². The monoisotopic (exact) mass is 222 g/mol. The second-order valence-electron chi connectivity index (χ2n) is 3.50. The highest BCUT2D eigenvalue weighted by molar-refractivity contribution is 4.89. The van der Waals surface area contributed by atoms with E-state index < -0.39 is 30.5 Å². The lowest BCUT2D eigenvalue weighted by Crippen LogP contribution is -2.57. The molecule has 90 valence electrons. The average Bonchev–Trinajstić information content (AvgIpc) is 2.27. The first-order valence-corrected chi connectivity index (χ1v) is 4.80. The molecule has 6 heteroatoms. The zero-order chi connectivity index (χ0) is 11.4. The van der Waals surface area contributed by atoms with Gasteiger partial charge in [-0.15, -0.1) is 0 Å². The van der Waals surface area contributed by atoms with E-state index in [1.54, 1.807) is 0 Å². The molecule has 1 rings (SSSR count). The zero-order valence-electron chi connectivity index (χ0n) is 8.87. The summed E-state index contributed by atoms with van der Waals surface area (Å²) in [4.78, 5) is 0. The van der Waals surface area contributed by atoms with Crippen LogP contribution < -0.4 is 0 Å². The van der Waals surface area contributed by atoms with Crippen molar-refractivity contribution in [1.82, 2.24) is 0 Å². The molecule has 5 unspecified atom stereocenters. The van der Waals surface area contributed by atoms with Gasteiger partial charge in [-0.2, -0.15) is 0 Å². The maximum absolute atomic E-state index is 9.88. The first kappa shape index (κ1) is 12.8. The van der Waals surface area contributed by atoms with Gasteiger partial charge in [0.1, 0.15) is 12.2 Å². The highest BCUT2D eigenvalue weighted by Crippen LogP contribution is 2.27. The molecule has 15 heavy (non-hydrogen) atoms. The lowest BCUT2D eigenvalue weighted by Gasteiger charge is -2.42. The number of hydrogen-bond acceptors (Lipinski definition) is 6. The van der Waals surface area contributed by atoms with Gasteiger partial charge in [-0.05, 0) is 0 Å². The Labute approximate surface area is 88.4 Å². The Kier molecular flexibility index (Phi) is 4.91. The third-order valence-corrected chi connectivity index (χ3v) is 2.70. The molecule has 0 aromatic rings. The quantitative estimate of drug-likeness (QED) is 0.527. The Morgan fingerprint density at radius 3 is 2.20 bits per heavy atom. The predicted molar refractivity (Wildman–Crippen MR) is 50.1 cm³/mol. The number of aliphatic hydroxyl groups is 3. The van der Waals surface area contributed by atoms with Crippen molar-refractivity contribution in [1.29, 1.82) is 0 Å². The first-order chi connectivity index (χ1) is 7.19. The molecular weight excluding hydrogens is 204 g/mol. The van der Waals surface area contributed by atoms with Gasteiger partial charge in [0.25, 0.3) is 0 Å². The SMILES string of the molecule is COC1OC(CO)C(OC)C(O)C1CO. The van der Waals surface area contributed by atoms with Crippen molar-refractivity contribution in [2.24, 2.45) is 5.92 Å². The van der Waals surface area contributed by atoms with E-state index >= 15 is 0 Å². The summed E-state index contributed by atoms with van der Waals surface area (Å²) in [6.45, 7) is -0.536. The standard InChI is InChI=1S/C9H18O6/c1-13-8-6(4-11)15-9(14-2)5(3-10)7(8)12/h5-12H,3-4H2,1-2H3. The van der Waals surface area contributed by atoms with Crippen molar-refractivity contribution >= 4 is 0 Å². The molecule has 0 amide bonds. The Morgan fingerprint density at radius 2 is 1.80 bits per heavy atom. The highest BCUT2D eigenvalue weighted by atomic mass is 16.7. The molecule has 5 atom stereocenters. The number of hydrogen-bond donors (Lipinski definition) is 3. The van der Waals surface area contributed by atoms with Gasteiger partial charge < -0.3 is 29.5 Å². The lowest BCUT2D eigenvalue weighted by molar-refractivity contribution is -0.287. The molecule has 0 aliphatic carbocycles. The second-order valence-corrected chi connectivity index (χ2v) is 3.50. The lowest BCUT2D eigenvalue weighted by atomic mass is 9.91. The van der Waals surface area contributed by atoms with Crippen LogP contribution in [0.5, 0.6) is 0 Å². The van der Waals surface area contributed by atoms with Crippen LogP contribution in [-0.2, 0) is 14.2 Å². The maximum atomic E-state index is 9.88. The van der Waals surface area contributed by atoms with Gasteiger partial charge in [-0.1, -0.05) is 0 Å². The predicted octanol–water partition coefficient (Wildman–Crippen LogP) is -1.67. The van der Waals surface area contributed by atoms with Gasteiger partial charge in [0.2, 0.25) is 0 Å². The minimum Gasteiger partial charge on any atom is -0.396 e. The van der Waals surface area contributed by atoms with E-state index in [9.17, 15) is 5.11 Å². The molecule has 1 fully saturated rings. The first-order valence-electron chi connectivity index (χ1n) is 4.80. The molecule has 0 spiro atoms. The molecule has 6 nitrogen and oxygen atoms in total. The Balaban J connectivity index is 2.76. The molecule has 1 heterocycles. The van der Waals surface area contributed by atoms with Crippen molar-refractivity contribution < 1.29 is 29.5 Å². The number of methoxy groups -OCH3 is 2. The van der Waals surface area contributed by atoms with Crippen molar-refractivity contribution in [2.45, 2.75) is 24.6 Å². The average molecular weight is 222 g/mol. The fourth-order valence-corrected chi connectivity index (χ4v) is 1.84. The Bertz CT molecular complexity index is 169. The summed E-state index contributed by atoms with van der Waals surface area (Å²) in [5, 5.41) is 28.0. The van der Waals surface area contributed by atoms with E-state index in [0.717, 1.165) is 0 Å². The molecule has 0 bridgehead atoms. The van der Waals surface area contributed by atoms with Gasteiger partial charge in [-0.3, -0.25) is 0 Å². The summed E-state index contributed by atoms with van der Waals surface area (Å²) in [5.41, 5.74) is 0. The molecular formula is C9H18O6. The minimum atomic E-state index is -0.921. The van der Waals surface area contributed by atoms with Crippen LogP contribution in [0.15, 0.2) is 0 Å². The van der Waals surface area contributed by atoms with E-state index in [0.29, 0.717) is 0 Å². The Morgan fingerprint density at radius 1 is 1.13 bits per heavy atom. The fraction of sp³-hybridized carbons (Fsp3) is 1.00. The van der Waals surface area contributed by atoms with Crippen LogP contribution in [-0.4, -0.2) is 67.4 Å². The normalized spacial score (nSPS) is 41.8. The van der Waals surface area contributed by atoms with Crippen molar-refractivity contribution in [3.8, 4) is 0 Å². The summed E-state index contributed by atoms with van der Waals surface area (Å²) in [6, 6.07) is 0. The van der Waals surface area contributed by atoms with Crippen LogP contribution in [0.25, 0.3) is 0 Å². The van der Waals surface area contributed by atoms with Crippen LogP contribution in [0.1, 0.15) is 0 Å². The van der Waals surface area contributed by atoms with E-state index in [1.807, 2.05) is 0 Å². The van der Waals surface area contributed by atoms with Crippen LogP contribution in [0.2, 0.25) is 0 Å². The molecule has 0 aromatic carbocycles. The van der Waals surface area contributed by atoms with Crippen LogP contribution in [0.4, 0.5) is 0 Å². The van der Waals surface area contributed by atoms with Crippen LogP contribution in [0.3, 0.4) is 0 Å². The number of rotatable bonds is 4. The van der Waals surface area contributed by atoms with Gasteiger partial charge in [0, 0.05) is 14.2 Å². The van der Waals surface area contributed by atoms with Crippen LogP contribution in [0, 0.1) is 5.92 Å². The summed E-state index contributed by atoms with van der Waals surface area (Å²) in [5.74, 6) is -0.567. The van der Waals surface area contributed by atoms with E-state index in [4.69, 9.17) is 24.4 Å². The molecule has 1 aliphatic rings. The highest BCUT2D eigenvalue weighted by Gasteiger charge is 2.45. The Hall–Kier alpha value is -0.240.